The van der Waals surface area contributed by atoms with Gasteiger partial charge in [-0.3, -0.25) is 0 Å². The predicted octanol–water partition coefficient (Wildman–Crippen LogP) is 5.51. The van der Waals surface area contributed by atoms with Gasteiger partial charge in [-0.2, -0.15) is 0 Å². The Bertz CT molecular complexity index is 1090. The molecule has 4 aromatic rings. The molecule has 28 heavy (non-hydrogen) atoms. The van der Waals surface area contributed by atoms with Crippen LogP contribution in [0.5, 0.6) is 0 Å². The Morgan fingerprint density at radius 3 is 1.82 bits per heavy atom. The van der Waals surface area contributed by atoms with E-state index >= 15 is 0 Å². The fourth-order valence-corrected chi connectivity index (χ4v) is 7.48. The molecule has 0 radical (unpaired) electrons. The Kier molecular flexibility index (Phi) is 5.21. The van der Waals surface area contributed by atoms with E-state index in [4.69, 9.17) is 11.8 Å². The molecule has 1 nitrogen and oxygen atoms in total. The van der Waals surface area contributed by atoms with Crippen molar-refractivity contribution in [3.05, 3.63) is 114 Å². The van der Waals surface area contributed by atoms with Gasteiger partial charge in [-0.1, -0.05) is 115 Å². The fraction of sp³-hybridized carbons (Fsp3) is 0.120. The molecule has 0 fully saturated rings. The summed E-state index contributed by atoms with van der Waals surface area (Å²) in [5, 5.41) is 15.6. The summed E-state index contributed by atoms with van der Waals surface area (Å²) >= 11 is 6.24. The van der Waals surface area contributed by atoms with Crippen LogP contribution in [0.15, 0.2) is 103 Å². The first-order valence-corrected chi connectivity index (χ1v) is 12.8. The molecule has 0 aliphatic heterocycles. The van der Waals surface area contributed by atoms with Gasteiger partial charge in [0.05, 0.1) is 0 Å². The van der Waals surface area contributed by atoms with Crippen LogP contribution in [0.3, 0.4) is 0 Å². The van der Waals surface area contributed by atoms with Gasteiger partial charge in [-0.05, 0) is 39.9 Å². The summed E-state index contributed by atoms with van der Waals surface area (Å²) in [5.41, 5.74) is 0.652. The third kappa shape index (κ3) is 3.56. The first-order valence-electron chi connectivity index (χ1n) is 9.39. The summed E-state index contributed by atoms with van der Waals surface area (Å²) in [6.45, 7) is 2.15. The van der Waals surface area contributed by atoms with Gasteiger partial charge in [-0.15, -0.1) is 0 Å². The number of hydrogen-bond donors (Lipinski definition) is 1. The van der Waals surface area contributed by atoms with Crippen LogP contribution < -0.4 is 5.30 Å². The lowest BCUT2D eigenvalue weighted by atomic mass is 9.88. The van der Waals surface area contributed by atoms with Gasteiger partial charge >= 0.3 is 0 Å². The molecule has 1 atom stereocenters. The van der Waals surface area contributed by atoms with Crippen LogP contribution in [0.25, 0.3) is 10.8 Å². The highest BCUT2D eigenvalue weighted by Gasteiger charge is 2.36. The molecule has 0 bridgehead atoms. The SMILES string of the molecule is CP(=S)(CC(O)(c1ccccc1)c1ccccc1)c1cccc2ccccc12. The average molecular weight is 402 g/mol. The molecule has 4 aromatic carbocycles. The van der Waals surface area contributed by atoms with Crippen molar-refractivity contribution < 1.29 is 5.11 Å². The molecule has 1 unspecified atom stereocenters. The van der Waals surface area contributed by atoms with Crippen LogP contribution in [0.2, 0.25) is 0 Å². The molecule has 1 N–H and O–H groups in total. The van der Waals surface area contributed by atoms with Crippen molar-refractivity contribution in [1.82, 2.24) is 0 Å². The van der Waals surface area contributed by atoms with Gasteiger partial charge in [0.1, 0.15) is 5.60 Å². The first-order chi connectivity index (χ1) is 13.5. The minimum Gasteiger partial charge on any atom is -0.380 e. The number of aliphatic hydroxyl groups is 1. The molecule has 4 rings (SSSR count). The zero-order chi connectivity index (χ0) is 19.6. The van der Waals surface area contributed by atoms with Gasteiger partial charge in [0.15, 0.2) is 0 Å². The monoisotopic (exact) mass is 402 g/mol. The van der Waals surface area contributed by atoms with Crippen LogP contribution in [0.4, 0.5) is 0 Å². The Morgan fingerprint density at radius 2 is 1.21 bits per heavy atom. The highest BCUT2D eigenvalue weighted by Crippen LogP contribution is 2.49. The lowest BCUT2D eigenvalue weighted by Crippen LogP contribution is -2.33. The maximum Gasteiger partial charge on any atom is 0.119 e. The zero-order valence-electron chi connectivity index (χ0n) is 15.8. The Hall–Kier alpha value is -2.25. The lowest BCUT2D eigenvalue weighted by Gasteiger charge is -2.34. The molecule has 3 heteroatoms. The van der Waals surface area contributed by atoms with Crippen molar-refractivity contribution in [3.8, 4) is 0 Å². The molecular formula is C25H23OPS. The highest BCUT2D eigenvalue weighted by molar-refractivity contribution is 8.18. The summed E-state index contributed by atoms with van der Waals surface area (Å²) in [6, 6.07) is 32.4. The second kappa shape index (κ2) is 7.64. The van der Waals surface area contributed by atoms with E-state index in [9.17, 15) is 5.11 Å². The first kappa shape index (κ1) is 19.1. The summed E-state index contributed by atoms with van der Waals surface area (Å²) in [7, 11) is 0. The molecule has 0 spiro atoms. The summed E-state index contributed by atoms with van der Waals surface area (Å²) < 4.78 is 0. The van der Waals surface area contributed by atoms with Gasteiger partial charge in [0, 0.05) is 6.16 Å². The zero-order valence-corrected chi connectivity index (χ0v) is 17.5. The second-order valence-electron chi connectivity index (χ2n) is 7.35. The van der Waals surface area contributed by atoms with Crippen molar-refractivity contribution in [2.45, 2.75) is 5.60 Å². The molecule has 140 valence electrons. The van der Waals surface area contributed by atoms with E-state index in [-0.39, 0.29) is 0 Å². The molecule has 0 saturated heterocycles. The van der Waals surface area contributed by atoms with Crippen molar-refractivity contribution in [2.24, 2.45) is 0 Å². The van der Waals surface area contributed by atoms with E-state index in [1.165, 1.54) is 16.1 Å². The maximum absolute atomic E-state index is 12.0. The number of fused-ring (bicyclic) bond motifs is 1. The Balaban J connectivity index is 1.86. The highest BCUT2D eigenvalue weighted by atomic mass is 32.4. The molecule has 0 amide bonds. The van der Waals surface area contributed by atoms with Crippen molar-refractivity contribution >= 4 is 33.9 Å². The molecule has 0 aliphatic rings. The minimum absolute atomic E-state index is 0.511. The van der Waals surface area contributed by atoms with Gasteiger partial charge in [-0.25, -0.2) is 0 Å². The summed E-state index contributed by atoms with van der Waals surface area (Å²) in [4.78, 5) is 0. The van der Waals surface area contributed by atoms with Crippen LogP contribution in [0.1, 0.15) is 11.1 Å². The van der Waals surface area contributed by atoms with Crippen molar-refractivity contribution in [1.29, 1.82) is 0 Å². The van der Waals surface area contributed by atoms with E-state index in [2.05, 4.69) is 49.1 Å². The predicted molar refractivity (Wildman–Crippen MR) is 125 cm³/mol. The summed E-state index contributed by atoms with van der Waals surface area (Å²) in [6.07, 6.45) is 0.511. The Labute approximate surface area is 171 Å². The fourth-order valence-electron chi connectivity index (χ4n) is 3.92. The smallest absolute Gasteiger partial charge is 0.119 e. The van der Waals surface area contributed by atoms with Crippen LogP contribution in [-0.2, 0) is 17.4 Å². The topological polar surface area (TPSA) is 20.2 Å². The summed E-state index contributed by atoms with van der Waals surface area (Å²) in [5.74, 6) is 0. The molecule has 0 heterocycles. The van der Waals surface area contributed by atoms with Crippen LogP contribution in [0, 0.1) is 0 Å². The van der Waals surface area contributed by atoms with E-state index in [0.717, 1.165) is 11.1 Å². The number of rotatable bonds is 5. The van der Waals surface area contributed by atoms with Gasteiger partial charge in [0.25, 0.3) is 0 Å². The second-order valence-corrected chi connectivity index (χ2v) is 12.8. The van der Waals surface area contributed by atoms with Crippen molar-refractivity contribution in [2.75, 3.05) is 12.8 Å². The Morgan fingerprint density at radius 1 is 0.714 bits per heavy atom. The van der Waals surface area contributed by atoms with E-state index in [1.54, 1.807) is 0 Å². The van der Waals surface area contributed by atoms with Crippen LogP contribution >= 0.6 is 6.04 Å². The molecule has 0 aliphatic carbocycles. The van der Waals surface area contributed by atoms with E-state index in [0.29, 0.717) is 6.16 Å². The number of hydrogen-bond acceptors (Lipinski definition) is 2. The quantitative estimate of drug-likeness (QED) is 0.444. The lowest BCUT2D eigenvalue weighted by molar-refractivity contribution is 0.106. The standard InChI is InChI=1S/C25H23OPS/c1-27(28,24-18-10-12-20-11-8-9-17-23(20)24)19-25(26,21-13-4-2-5-14-21)22-15-6-3-7-16-22/h2-18,26H,19H2,1H3. The largest absolute Gasteiger partial charge is 0.380 e. The third-order valence-corrected chi connectivity index (χ3v) is 8.76. The maximum atomic E-state index is 12.0. The molecule has 0 aromatic heterocycles. The average Bonchev–Trinajstić information content (AvgIpc) is 2.74. The van der Waals surface area contributed by atoms with E-state index in [1.807, 2.05) is 60.7 Å². The van der Waals surface area contributed by atoms with E-state index < -0.39 is 11.6 Å². The minimum atomic E-state index is -2.06. The number of benzene rings is 4. The molecule has 0 saturated carbocycles. The third-order valence-electron chi connectivity index (χ3n) is 5.31. The van der Waals surface area contributed by atoms with Crippen molar-refractivity contribution in [3.63, 3.8) is 0 Å². The normalized spacial score (nSPS) is 13.9. The molecular weight excluding hydrogens is 379 g/mol. The van der Waals surface area contributed by atoms with Crippen LogP contribution in [-0.4, -0.2) is 17.9 Å². The van der Waals surface area contributed by atoms with Gasteiger partial charge < -0.3 is 5.11 Å². The van der Waals surface area contributed by atoms with Gasteiger partial charge in [0.2, 0.25) is 0 Å².